The number of halogens is 2. The maximum absolute atomic E-state index is 13.5. The van der Waals surface area contributed by atoms with E-state index in [9.17, 15) is 9.18 Å². The van der Waals surface area contributed by atoms with Crippen LogP contribution in [0.5, 0.6) is 0 Å². The number of hydrogen-bond acceptors (Lipinski definition) is 8. The molecule has 2 aromatic heterocycles. The van der Waals surface area contributed by atoms with Crippen molar-refractivity contribution >= 4 is 27.7 Å². The van der Waals surface area contributed by atoms with Crippen LogP contribution in [0.3, 0.4) is 0 Å². The highest BCUT2D eigenvalue weighted by Gasteiger charge is 2.26. The SMILES string of the molecule is O=c1onc(-c2nonc2S[C@@H]2CCCNC2)n1-c1ccc(F)c(Br)c1. The average Bonchev–Trinajstić information content (AvgIpc) is 3.24. The molecule has 3 aromatic rings. The fraction of sp³-hybridized carbons (Fsp3) is 0.333. The van der Waals surface area contributed by atoms with Crippen molar-refractivity contribution in [2.24, 2.45) is 0 Å². The van der Waals surface area contributed by atoms with Crippen molar-refractivity contribution in [2.75, 3.05) is 13.1 Å². The van der Waals surface area contributed by atoms with E-state index >= 15 is 0 Å². The number of thioether (sulfide) groups is 1. The van der Waals surface area contributed by atoms with E-state index in [1.165, 1.54) is 34.5 Å². The molecule has 1 saturated heterocycles. The second-order valence-electron chi connectivity index (χ2n) is 5.71. The van der Waals surface area contributed by atoms with E-state index < -0.39 is 11.6 Å². The summed E-state index contributed by atoms with van der Waals surface area (Å²) in [4.78, 5) is 12.2. The van der Waals surface area contributed by atoms with Gasteiger partial charge in [-0.05, 0) is 63.8 Å². The summed E-state index contributed by atoms with van der Waals surface area (Å²) >= 11 is 4.63. The molecule has 0 saturated carbocycles. The Morgan fingerprint density at radius 1 is 1.35 bits per heavy atom. The Labute approximate surface area is 159 Å². The minimum absolute atomic E-state index is 0.154. The van der Waals surface area contributed by atoms with E-state index in [1.807, 2.05) is 0 Å². The Morgan fingerprint density at radius 3 is 3.00 bits per heavy atom. The van der Waals surface area contributed by atoms with Crippen molar-refractivity contribution in [3.63, 3.8) is 0 Å². The number of nitrogens with zero attached hydrogens (tertiary/aromatic N) is 4. The van der Waals surface area contributed by atoms with Crippen LogP contribution in [0.25, 0.3) is 17.2 Å². The number of hydrogen-bond donors (Lipinski definition) is 1. The number of aromatic nitrogens is 4. The Bertz CT molecular complexity index is 982. The van der Waals surface area contributed by atoms with Gasteiger partial charge < -0.3 is 5.32 Å². The largest absolute Gasteiger partial charge is 0.446 e. The molecule has 0 unspecified atom stereocenters. The summed E-state index contributed by atoms with van der Waals surface area (Å²) in [7, 11) is 0. The molecule has 8 nitrogen and oxygen atoms in total. The highest BCUT2D eigenvalue weighted by atomic mass is 79.9. The predicted molar refractivity (Wildman–Crippen MR) is 94.8 cm³/mol. The highest BCUT2D eigenvalue weighted by Crippen LogP contribution is 2.33. The van der Waals surface area contributed by atoms with E-state index in [0.29, 0.717) is 21.7 Å². The molecule has 0 radical (unpaired) electrons. The fourth-order valence-electron chi connectivity index (χ4n) is 2.72. The normalized spacial score (nSPS) is 17.5. The Kier molecular flexibility index (Phi) is 4.92. The second kappa shape index (κ2) is 7.33. The zero-order valence-corrected chi connectivity index (χ0v) is 15.7. The molecule has 0 spiro atoms. The molecule has 1 N–H and O–H groups in total. The van der Waals surface area contributed by atoms with Crippen LogP contribution in [0.4, 0.5) is 4.39 Å². The molecule has 3 heterocycles. The lowest BCUT2D eigenvalue weighted by molar-refractivity contribution is 0.299. The molecule has 1 aromatic carbocycles. The van der Waals surface area contributed by atoms with Crippen molar-refractivity contribution in [2.45, 2.75) is 23.1 Å². The molecule has 0 amide bonds. The van der Waals surface area contributed by atoms with Gasteiger partial charge in [-0.2, -0.15) is 0 Å². The van der Waals surface area contributed by atoms with Crippen LogP contribution in [0.2, 0.25) is 0 Å². The van der Waals surface area contributed by atoms with Gasteiger partial charge in [0.25, 0.3) is 0 Å². The molecular formula is C15H13BrFN5O3S. The van der Waals surface area contributed by atoms with E-state index in [1.54, 1.807) is 0 Å². The second-order valence-corrected chi connectivity index (χ2v) is 7.85. The quantitative estimate of drug-likeness (QED) is 0.659. The maximum atomic E-state index is 13.5. The van der Waals surface area contributed by atoms with Crippen molar-refractivity contribution in [3.05, 3.63) is 39.0 Å². The van der Waals surface area contributed by atoms with Crippen molar-refractivity contribution in [1.82, 2.24) is 25.4 Å². The molecule has 1 aliphatic heterocycles. The van der Waals surface area contributed by atoms with Crippen LogP contribution < -0.4 is 11.1 Å². The zero-order valence-electron chi connectivity index (χ0n) is 13.3. The van der Waals surface area contributed by atoms with Gasteiger partial charge in [0, 0.05) is 11.8 Å². The third kappa shape index (κ3) is 3.33. The van der Waals surface area contributed by atoms with Crippen molar-refractivity contribution in [3.8, 4) is 17.2 Å². The number of benzene rings is 1. The summed E-state index contributed by atoms with van der Waals surface area (Å²) in [6.45, 7) is 1.86. The van der Waals surface area contributed by atoms with Crippen molar-refractivity contribution in [1.29, 1.82) is 0 Å². The lowest BCUT2D eigenvalue weighted by Crippen LogP contribution is -2.31. The highest BCUT2D eigenvalue weighted by molar-refractivity contribution is 9.10. The first-order valence-corrected chi connectivity index (χ1v) is 9.55. The molecule has 0 bridgehead atoms. The van der Waals surface area contributed by atoms with E-state index in [2.05, 4.69) is 36.7 Å². The minimum atomic E-state index is -0.711. The molecule has 136 valence electrons. The Balaban J connectivity index is 1.72. The van der Waals surface area contributed by atoms with Crippen LogP contribution in [0, 0.1) is 5.82 Å². The van der Waals surface area contributed by atoms with Crippen LogP contribution in [-0.2, 0) is 0 Å². The average molecular weight is 442 g/mol. The monoisotopic (exact) mass is 441 g/mol. The summed E-state index contributed by atoms with van der Waals surface area (Å²) < 4.78 is 24.6. The van der Waals surface area contributed by atoms with Gasteiger partial charge in [0.05, 0.1) is 10.2 Å². The van der Waals surface area contributed by atoms with E-state index in [-0.39, 0.29) is 10.3 Å². The third-order valence-electron chi connectivity index (χ3n) is 3.97. The summed E-state index contributed by atoms with van der Waals surface area (Å²) in [6, 6.07) is 4.16. The molecular weight excluding hydrogens is 429 g/mol. The van der Waals surface area contributed by atoms with Gasteiger partial charge >= 0.3 is 5.76 Å². The van der Waals surface area contributed by atoms with Crippen LogP contribution in [-0.4, -0.2) is 38.4 Å². The molecule has 1 fully saturated rings. The fourth-order valence-corrected chi connectivity index (χ4v) is 4.21. The third-order valence-corrected chi connectivity index (χ3v) is 5.80. The molecule has 26 heavy (non-hydrogen) atoms. The first kappa shape index (κ1) is 17.4. The molecule has 4 rings (SSSR count). The van der Waals surface area contributed by atoms with E-state index in [4.69, 9.17) is 9.15 Å². The zero-order chi connectivity index (χ0) is 18.1. The van der Waals surface area contributed by atoms with Gasteiger partial charge in [-0.3, -0.25) is 4.52 Å². The smallest absolute Gasteiger partial charge is 0.316 e. The Hall–Kier alpha value is -1.98. The molecule has 11 heteroatoms. The van der Waals surface area contributed by atoms with Gasteiger partial charge in [0.1, 0.15) is 5.82 Å². The van der Waals surface area contributed by atoms with Crippen LogP contribution in [0.1, 0.15) is 12.8 Å². The van der Waals surface area contributed by atoms with Crippen LogP contribution >= 0.6 is 27.7 Å². The van der Waals surface area contributed by atoms with Gasteiger partial charge in [-0.1, -0.05) is 16.9 Å². The standard InChI is InChI=1S/C15H13BrFN5O3S/c16-10-6-8(3-4-11(10)17)22-13(20-24-15(22)23)12-14(21-25-19-12)26-9-2-1-5-18-7-9/h3-4,6,9,18H,1-2,5,7H2/t9-/m1/s1. The topological polar surface area (TPSA) is 99.0 Å². The molecule has 1 atom stereocenters. The number of rotatable bonds is 4. The lowest BCUT2D eigenvalue weighted by Gasteiger charge is -2.20. The summed E-state index contributed by atoms with van der Waals surface area (Å²) in [5, 5.41) is 15.8. The summed E-state index contributed by atoms with van der Waals surface area (Å²) in [5.74, 6) is -0.998. The minimum Gasteiger partial charge on any atom is -0.316 e. The number of piperidine rings is 1. The summed E-state index contributed by atoms with van der Waals surface area (Å²) in [6.07, 6.45) is 2.12. The first-order valence-electron chi connectivity index (χ1n) is 7.88. The number of nitrogens with one attached hydrogen (secondary N) is 1. The van der Waals surface area contributed by atoms with Crippen molar-refractivity contribution < 1.29 is 13.5 Å². The first-order chi connectivity index (χ1) is 12.6. The summed E-state index contributed by atoms with van der Waals surface area (Å²) in [5.41, 5.74) is 0.699. The molecule has 1 aliphatic rings. The van der Waals surface area contributed by atoms with Gasteiger partial charge in [0.15, 0.2) is 10.7 Å². The van der Waals surface area contributed by atoms with E-state index in [0.717, 1.165) is 25.9 Å². The maximum Gasteiger partial charge on any atom is 0.446 e. The predicted octanol–water partition coefficient (Wildman–Crippen LogP) is 2.62. The van der Waals surface area contributed by atoms with Gasteiger partial charge in [0.2, 0.25) is 5.82 Å². The Morgan fingerprint density at radius 2 is 2.23 bits per heavy atom. The van der Waals surface area contributed by atoms with Gasteiger partial charge in [-0.25, -0.2) is 18.4 Å². The van der Waals surface area contributed by atoms with Crippen LogP contribution in [0.15, 0.2) is 41.6 Å². The molecule has 0 aliphatic carbocycles. The lowest BCUT2D eigenvalue weighted by atomic mass is 10.2. The van der Waals surface area contributed by atoms with Gasteiger partial charge in [-0.15, -0.1) is 0 Å².